The molecule has 3 aromatic heterocycles. The number of hydrogen-bond donors (Lipinski definition) is 0. The van der Waals surface area contributed by atoms with Crippen LogP contribution in [-0.4, -0.2) is 42.3 Å². The van der Waals surface area contributed by atoms with Crippen LogP contribution in [0.25, 0.3) is 11.2 Å². The molecule has 9 nitrogen and oxygen atoms in total. The Morgan fingerprint density at radius 3 is 2.78 bits per heavy atom. The van der Waals surface area contributed by atoms with E-state index in [2.05, 4.69) is 43.2 Å². The van der Waals surface area contributed by atoms with E-state index in [0.717, 1.165) is 18.9 Å². The van der Waals surface area contributed by atoms with Crippen LogP contribution in [0.1, 0.15) is 35.2 Å². The summed E-state index contributed by atoms with van der Waals surface area (Å²) >= 11 is 0. The summed E-state index contributed by atoms with van der Waals surface area (Å²) in [5, 5.41) is 4.24. The van der Waals surface area contributed by atoms with Gasteiger partial charge in [-0.25, -0.2) is 9.97 Å². The maximum Gasteiger partial charge on any atom is 0.280 e. The van der Waals surface area contributed by atoms with E-state index in [4.69, 9.17) is 4.52 Å². The van der Waals surface area contributed by atoms with Crippen LogP contribution in [-0.2, 0) is 26.4 Å². The van der Waals surface area contributed by atoms with Gasteiger partial charge < -0.3 is 14.0 Å². The van der Waals surface area contributed by atoms with Gasteiger partial charge in [-0.1, -0.05) is 11.2 Å². The zero-order valence-corrected chi connectivity index (χ0v) is 17.8. The Labute approximate surface area is 183 Å². The van der Waals surface area contributed by atoms with Gasteiger partial charge in [0.05, 0.1) is 6.33 Å². The molecule has 1 saturated carbocycles. The lowest BCUT2D eigenvalue weighted by atomic mass is 10.1. The highest BCUT2D eigenvalue weighted by Gasteiger charge is 2.58. The molecule has 0 amide bonds. The van der Waals surface area contributed by atoms with Crippen molar-refractivity contribution in [3.63, 3.8) is 0 Å². The second kappa shape index (κ2) is 6.51. The van der Waals surface area contributed by atoms with Gasteiger partial charge in [-0.15, -0.1) is 0 Å². The van der Waals surface area contributed by atoms with Gasteiger partial charge in [0.2, 0.25) is 5.89 Å². The third-order valence-electron chi connectivity index (χ3n) is 7.43. The molecule has 162 valence electrons. The lowest BCUT2D eigenvalue weighted by Crippen LogP contribution is -2.24. The zero-order valence-electron chi connectivity index (χ0n) is 17.8. The monoisotopic (exact) mass is 429 g/mol. The maximum absolute atomic E-state index is 12.7. The topological polar surface area (TPSA) is 94.9 Å². The van der Waals surface area contributed by atoms with E-state index >= 15 is 0 Å². The first-order valence-electron chi connectivity index (χ1n) is 11.2. The highest BCUT2D eigenvalue weighted by molar-refractivity contribution is 5.68. The fraction of sp³-hybridized carbons (Fsp3) is 0.435. The number of fused-ring (bicyclic) bond motifs is 3. The minimum absolute atomic E-state index is 0.164. The van der Waals surface area contributed by atoms with E-state index in [9.17, 15) is 4.79 Å². The number of hydrogen-bond acceptors (Lipinski definition) is 7. The average Bonchev–Trinajstić information content (AvgIpc) is 3.38. The van der Waals surface area contributed by atoms with E-state index in [1.165, 1.54) is 47.0 Å². The normalized spacial score (nSPS) is 23.7. The number of rotatable bonds is 4. The molecule has 2 aliphatic carbocycles. The number of aryl methyl sites for hydroxylation is 3. The lowest BCUT2D eigenvalue weighted by molar-refractivity contribution is 0.363. The molecule has 9 heteroatoms. The predicted octanol–water partition coefficient (Wildman–Crippen LogP) is 1.90. The smallest absolute Gasteiger partial charge is 0.280 e. The molecule has 3 aliphatic rings. The highest BCUT2D eigenvalue weighted by Crippen LogP contribution is 2.58. The lowest BCUT2D eigenvalue weighted by Gasteiger charge is -2.22. The molecule has 0 bridgehead atoms. The fourth-order valence-corrected chi connectivity index (χ4v) is 5.67. The fourth-order valence-electron chi connectivity index (χ4n) is 5.67. The van der Waals surface area contributed by atoms with Crippen molar-refractivity contribution >= 4 is 16.9 Å². The third-order valence-corrected chi connectivity index (χ3v) is 7.43. The highest BCUT2D eigenvalue weighted by atomic mass is 16.5. The van der Waals surface area contributed by atoms with E-state index in [-0.39, 0.29) is 12.1 Å². The summed E-state index contributed by atoms with van der Waals surface area (Å²) in [4.78, 5) is 28.2. The molecule has 1 aliphatic heterocycles. The van der Waals surface area contributed by atoms with Crippen LogP contribution in [0.15, 0.2) is 40.2 Å². The van der Waals surface area contributed by atoms with Crippen molar-refractivity contribution in [2.24, 2.45) is 18.9 Å². The van der Waals surface area contributed by atoms with E-state index in [1.54, 1.807) is 17.9 Å². The van der Waals surface area contributed by atoms with Crippen molar-refractivity contribution < 1.29 is 4.52 Å². The van der Waals surface area contributed by atoms with Crippen molar-refractivity contribution in [3.8, 4) is 0 Å². The summed E-state index contributed by atoms with van der Waals surface area (Å²) in [6.45, 7) is 2.29. The predicted molar refractivity (Wildman–Crippen MR) is 117 cm³/mol. The van der Waals surface area contributed by atoms with E-state index < -0.39 is 0 Å². The molecule has 2 fully saturated rings. The molecule has 1 saturated heterocycles. The quantitative estimate of drug-likeness (QED) is 0.489. The molecular formula is C23H23N7O2. The summed E-state index contributed by atoms with van der Waals surface area (Å²) < 4.78 is 8.66. The number of anilines is 1. The molecule has 0 radical (unpaired) electrons. The summed E-state index contributed by atoms with van der Waals surface area (Å²) in [6.07, 6.45) is 6.80. The van der Waals surface area contributed by atoms with Crippen molar-refractivity contribution in [2.45, 2.75) is 31.7 Å². The van der Waals surface area contributed by atoms with Crippen LogP contribution in [0.4, 0.5) is 5.69 Å². The Bertz CT molecular complexity index is 1410. The van der Waals surface area contributed by atoms with Crippen LogP contribution in [0.5, 0.6) is 0 Å². The Morgan fingerprint density at radius 1 is 1.09 bits per heavy atom. The molecule has 3 atom stereocenters. The van der Waals surface area contributed by atoms with Gasteiger partial charge in [-0.3, -0.25) is 9.36 Å². The summed E-state index contributed by atoms with van der Waals surface area (Å²) in [5.74, 6) is 2.71. The van der Waals surface area contributed by atoms with Crippen LogP contribution >= 0.6 is 0 Å². The SMILES string of the molecule is Cn1cnc2ncn(Cc3nc([C@@H]4C5CN(c6ccc7c(c6)CCC7)C[C@H]54)no3)c(=O)c21. The molecule has 1 unspecified atom stereocenters. The number of aromatic nitrogens is 6. The van der Waals surface area contributed by atoms with Gasteiger partial charge in [0.25, 0.3) is 5.56 Å². The first kappa shape index (κ1) is 18.1. The van der Waals surface area contributed by atoms with Gasteiger partial charge in [0, 0.05) is 31.7 Å². The Hall–Kier alpha value is -3.49. The standard InChI is InChI=1S/C23H23N7O2/c1-28-11-24-22-20(28)23(31)30(12-25-22)10-18-26-21(27-32-18)19-16-8-29(9-17(16)19)15-6-5-13-3-2-4-14(13)7-15/h5-7,11-12,16-17,19H,2-4,8-10H2,1H3/t16-,17?,19+/m1/s1. The molecule has 0 spiro atoms. The van der Waals surface area contributed by atoms with Crippen molar-refractivity contribution in [1.82, 2.24) is 29.2 Å². The Morgan fingerprint density at radius 2 is 1.91 bits per heavy atom. The number of imidazole rings is 1. The molecule has 4 heterocycles. The summed E-state index contributed by atoms with van der Waals surface area (Å²) in [7, 11) is 1.78. The minimum atomic E-state index is -0.164. The number of nitrogens with zero attached hydrogens (tertiary/aromatic N) is 7. The molecule has 1 aromatic carbocycles. The van der Waals surface area contributed by atoms with Gasteiger partial charge in [0.1, 0.15) is 12.9 Å². The largest absolute Gasteiger partial charge is 0.371 e. The van der Waals surface area contributed by atoms with Crippen LogP contribution in [0.2, 0.25) is 0 Å². The summed E-state index contributed by atoms with van der Waals surface area (Å²) in [6, 6.07) is 6.98. The molecule has 7 rings (SSSR count). The second-order valence-electron chi connectivity index (χ2n) is 9.32. The number of piperidine rings is 1. The molecule has 32 heavy (non-hydrogen) atoms. The second-order valence-corrected chi connectivity index (χ2v) is 9.32. The maximum atomic E-state index is 12.7. The van der Waals surface area contributed by atoms with Crippen LogP contribution < -0.4 is 10.5 Å². The Kier molecular flexibility index (Phi) is 3.68. The number of benzene rings is 1. The average molecular weight is 429 g/mol. The van der Waals surface area contributed by atoms with Crippen molar-refractivity contribution in [1.29, 1.82) is 0 Å². The minimum Gasteiger partial charge on any atom is -0.371 e. The first-order chi connectivity index (χ1) is 15.7. The van der Waals surface area contributed by atoms with Crippen molar-refractivity contribution in [3.05, 3.63) is 64.0 Å². The van der Waals surface area contributed by atoms with Gasteiger partial charge in [0.15, 0.2) is 17.0 Å². The van der Waals surface area contributed by atoms with Gasteiger partial charge >= 0.3 is 0 Å². The van der Waals surface area contributed by atoms with Crippen LogP contribution in [0, 0.1) is 11.8 Å². The van der Waals surface area contributed by atoms with Crippen LogP contribution in [0.3, 0.4) is 0 Å². The van der Waals surface area contributed by atoms with E-state index in [0.29, 0.717) is 34.8 Å². The van der Waals surface area contributed by atoms with Crippen molar-refractivity contribution in [2.75, 3.05) is 18.0 Å². The summed E-state index contributed by atoms with van der Waals surface area (Å²) in [5.41, 5.74) is 5.14. The molecule has 4 aromatic rings. The third kappa shape index (κ3) is 2.66. The van der Waals surface area contributed by atoms with Gasteiger partial charge in [-0.05, 0) is 54.4 Å². The Balaban J connectivity index is 1.06. The zero-order chi connectivity index (χ0) is 21.4. The van der Waals surface area contributed by atoms with E-state index in [1.807, 2.05) is 0 Å². The molecular weight excluding hydrogens is 406 g/mol. The van der Waals surface area contributed by atoms with Gasteiger partial charge in [-0.2, -0.15) is 4.98 Å². The molecule has 0 N–H and O–H groups in total. The first-order valence-corrected chi connectivity index (χ1v) is 11.2.